The van der Waals surface area contributed by atoms with Crippen molar-refractivity contribution in [3.63, 3.8) is 0 Å². The van der Waals surface area contributed by atoms with Gasteiger partial charge in [-0.05, 0) is 74.1 Å². The molecule has 0 radical (unpaired) electrons. The van der Waals surface area contributed by atoms with E-state index in [1.807, 2.05) is 55.5 Å². The number of aromatic nitrogens is 2. The smallest absolute Gasteiger partial charge is 0.305 e. The average Bonchev–Trinajstić information content (AvgIpc) is 3.45. The molecule has 3 heterocycles. The Kier molecular flexibility index (Phi) is 7.24. The van der Waals surface area contributed by atoms with Gasteiger partial charge in [0.2, 0.25) is 0 Å². The number of thiocarbonyl (C=S) groups is 1. The number of nitrogens with zero attached hydrogens (tertiary/aromatic N) is 3. The third kappa shape index (κ3) is 5.01. The van der Waals surface area contributed by atoms with Crippen LogP contribution >= 0.6 is 12.2 Å². The van der Waals surface area contributed by atoms with Crippen LogP contribution in [-0.2, 0) is 9.53 Å². The number of carbonyl (C=O) groups is 1. The van der Waals surface area contributed by atoms with E-state index in [9.17, 15) is 4.79 Å². The lowest BCUT2D eigenvalue weighted by Gasteiger charge is -2.29. The maximum atomic E-state index is 11.7. The molecule has 0 aliphatic carbocycles. The van der Waals surface area contributed by atoms with Gasteiger partial charge < -0.3 is 24.3 Å². The van der Waals surface area contributed by atoms with Crippen LogP contribution in [0.2, 0.25) is 0 Å². The van der Waals surface area contributed by atoms with E-state index in [-0.39, 0.29) is 18.1 Å². The van der Waals surface area contributed by atoms with E-state index in [1.54, 1.807) is 6.20 Å². The van der Waals surface area contributed by atoms with Crippen molar-refractivity contribution in [1.29, 1.82) is 0 Å². The second-order valence-corrected chi connectivity index (χ2v) is 8.12. The summed E-state index contributed by atoms with van der Waals surface area (Å²) in [5.41, 5.74) is 3.03. The molecule has 1 aliphatic rings. The van der Waals surface area contributed by atoms with Gasteiger partial charge in [0, 0.05) is 36.7 Å². The summed E-state index contributed by atoms with van der Waals surface area (Å²) in [5.74, 6) is 0.623. The number of benzene rings is 1. The van der Waals surface area contributed by atoms with Crippen molar-refractivity contribution in [3.8, 4) is 11.4 Å². The number of esters is 1. The molecule has 1 aliphatic heterocycles. The Morgan fingerprint density at radius 3 is 2.67 bits per heavy atom. The molecule has 33 heavy (non-hydrogen) atoms. The van der Waals surface area contributed by atoms with Crippen LogP contribution in [0.25, 0.3) is 5.69 Å². The lowest BCUT2D eigenvalue weighted by Crippen LogP contribution is -2.31. The first-order chi connectivity index (χ1) is 16.1. The Bertz CT molecular complexity index is 1080. The second-order valence-electron chi connectivity index (χ2n) is 7.73. The molecule has 0 bridgehead atoms. The quantitative estimate of drug-likeness (QED) is 0.376. The highest BCUT2D eigenvalue weighted by atomic mass is 32.1. The molecule has 3 aromatic rings. The molecular weight excluding hydrogens is 436 g/mol. The highest BCUT2D eigenvalue weighted by Gasteiger charge is 2.41. The summed E-state index contributed by atoms with van der Waals surface area (Å²) in [6, 6.07) is 17.9. The maximum absolute atomic E-state index is 11.7. The third-order valence-electron chi connectivity index (χ3n) is 5.71. The first kappa shape index (κ1) is 22.8. The standard InChI is InChI=1S/C25H28N4O3S/c1-3-32-19-13-11-18(12-14-19)28-16-6-9-21(28)24-23(20-8-4-5-15-26-20)27-25(33)29(24)17-7-10-22(30)31-2/h4-6,8-9,11-16,23-24H,3,7,10,17H2,1-2H3,(H,27,33)/t23-,24-/m1/s1. The fourth-order valence-corrected chi connectivity index (χ4v) is 4.54. The zero-order valence-corrected chi connectivity index (χ0v) is 19.6. The molecule has 7 nitrogen and oxygen atoms in total. The first-order valence-corrected chi connectivity index (χ1v) is 11.5. The number of hydrogen-bond donors (Lipinski definition) is 1. The number of hydrogen-bond acceptors (Lipinski definition) is 5. The number of rotatable bonds is 9. The van der Waals surface area contributed by atoms with Gasteiger partial charge in [-0.15, -0.1) is 0 Å². The number of carbonyl (C=O) groups excluding carboxylic acids is 1. The van der Waals surface area contributed by atoms with Gasteiger partial charge in [-0.2, -0.15) is 0 Å². The maximum Gasteiger partial charge on any atom is 0.305 e. The summed E-state index contributed by atoms with van der Waals surface area (Å²) < 4.78 is 12.6. The SMILES string of the molecule is CCOc1ccc(-n2cccc2[C@@H]2[C@@H](c3ccccn3)NC(=S)N2CCCC(=O)OC)cc1. The minimum Gasteiger partial charge on any atom is -0.494 e. The van der Waals surface area contributed by atoms with Gasteiger partial charge in [0.1, 0.15) is 5.75 Å². The van der Waals surface area contributed by atoms with Gasteiger partial charge in [0.15, 0.2) is 5.11 Å². The fraction of sp³-hybridized carbons (Fsp3) is 0.320. The normalized spacial score (nSPS) is 17.6. The Hall–Kier alpha value is -3.39. The Morgan fingerprint density at radius 2 is 1.97 bits per heavy atom. The van der Waals surface area contributed by atoms with Crippen LogP contribution < -0.4 is 10.1 Å². The molecule has 1 aromatic carbocycles. The number of pyridine rings is 1. The van der Waals surface area contributed by atoms with Crippen molar-refractivity contribution in [2.75, 3.05) is 20.3 Å². The average molecular weight is 465 g/mol. The van der Waals surface area contributed by atoms with E-state index in [0.29, 0.717) is 31.1 Å². The largest absolute Gasteiger partial charge is 0.494 e. The van der Waals surface area contributed by atoms with Crippen LogP contribution in [0.3, 0.4) is 0 Å². The molecule has 2 aromatic heterocycles. The lowest BCUT2D eigenvalue weighted by atomic mass is 10.0. The summed E-state index contributed by atoms with van der Waals surface area (Å²) in [4.78, 5) is 18.4. The van der Waals surface area contributed by atoms with Crippen molar-refractivity contribution in [2.24, 2.45) is 0 Å². The summed E-state index contributed by atoms with van der Waals surface area (Å²) >= 11 is 5.73. The predicted molar refractivity (Wildman–Crippen MR) is 130 cm³/mol. The van der Waals surface area contributed by atoms with Crippen LogP contribution in [-0.4, -0.2) is 45.8 Å². The van der Waals surface area contributed by atoms with Crippen molar-refractivity contribution in [2.45, 2.75) is 31.8 Å². The minimum atomic E-state index is -0.219. The molecular formula is C25H28N4O3S. The van der Waals surface area contributed by atoms with Gasteiger partial charge in [0.25, 0.3) is 0 Å². The molecule has 8 heteroatoms. The monoisotopic (exact) mass is 464 g/mol. The molecule has 2 atom stereocenters. The van der Waals surface area contributed by atoms with Crippen molar-refractivity contribution >= 4 is 23.3 Å². The van der Waals surface area contributed by atoms with Gasteiger partial charge in [-0.1, -0.05) is 6.07 Å². The molecule has 172 valence electrons. The van der Waals surface area contributed by atoms with Crippen LogP contribution in [0.15, 0.2) is 67.0 Å². The van der Waals surface area contributed by atoms with Crippen molar-refractivity contribution in [1.82, 2.24) is 19.8 Å². The summed E-state index contributed by atoms with van der Waals surface area (Å²) in [5, 5.41) is 4.11. The van der Waals surface area contributed by atoms with Crippen molar-refractivity contribution in [3.05, 3.63) is 78.4 Å². The van der Waals surface area contributed by atoms with E-state index in [4.69, 9.17) is 21.7 Å². The van der Waals surface area contributed by atoms with Gasteiger partial charge in [-0.3, -0.25) is 9.78 Å². The zero-order valence-electron chi connectivity index (χ0n) is 18.8. The molecule has 0 saturated carbocycles. The summed E-state index contributed by atoms with van der Waals surface area (Å²) in [6.07, 6.45) is 4.83. The van der Waals surface area contributed by atoms with Crippen LogP contribution in [0, 0.1) is 0 Å². The number of nitrogens with one attached hydrogen (secondary N) is 1. The third-order valence-corrected chi connectivity index (χ3v) is 6.07. The van der Waals surface area contributed by atoms with E-state index in [2.05, 4.69) is 32.0 Å². The van der Waals surface area contributed by atoms with Crippen LogP contribution in [0.5, 0.6) is 5.75 Å². The topological polar surface area (TPSA) is 68.6 Å². The first-order valence-electron chi connectivity index (χ1n) is 11.1. The Morgan fingerprint density at radius 1 is 1.15 bits per heavy atom. The van der Waals surface area contributed by atoms with Gasteiger partial charge in [-0.25, -0.2) is 0 Å². The highest BCUT2D eigenvalue weighted by molar-refractivity contribution is 7.80. The van der Waals surface area contributed by atoms with Crippen LogP contribution in [0.1, 0.15) is 43.2 Å². The minimum absolute atomic E-state index is 0.0911. The van der Waals surface area contributed by atoms with E-state index in [0.717, 1.165) is 22.8 Å². The zero-order chi connectivity index (χ0) is 23.2. The molecule has 1 fully saturated rings. The highest BCUT2D eigenvalue weighted by Crippen LogP contribution is 2.39. The Balaban J connectivity index is 1.68. The Labute approximate surface area is 199 Å². The van der Waals surface area contributed by atoms with E-state index < -0.39 is 0 Å². The summed E-state index contributed by atoms with van der Waals surface area (Å²) in [7, 11) is 1.41. The van der Waals surface area contributed by atoms with E-state index >= 15 is 0 Å². The van der Waals surface area contributed by atoms with Gasteiger partial charge >= 0.3 is 5.97 Å². The lowest BCUT2D eigenvalue weighted by molar-refractivity contribution is -0.140. The molecule has 0 amide bonds. The molecule has 0 spiro atoms. The molecule has 0 unspecified atom stereocenters. The van der Waals surface area contributed by atoms with E-state index in [1.165, 1.54) is 7.11 Å². The predicted octanol–water partition coefficient (Wildman–Crippen LogP) is 4.20. The number of ether oxygens (including phenoxy) is 2. The molecule has 1 saturated heterocycles. The second kappa shape index (κ2) is 10.5. The number of methoxy groups -OCH3 is 1. The van der Waals surface area contributed by atoms with Crippen LogP contribution in [0.4, 0.5) is 0 Å². The molecule has 1 N–H and O–H groups in total. The fourth-order valence-electron chi connectivity index (χ4n) is 4.20. The summed E-state index contributed by atoms with van der Waals surface area (Å²) in [6.45, 7) is 3.23. The van der Waals surface area contributed by atoms with Gasteiger partial charge in [0.05, 0.1) is 31.5 Å². The van der Waals surface area contributed by atoms with Crippen molar-refractivity contribution < 1.29 is 14.3 Å². The molecule has 4 rings (SSSR count).